The van der Waals surface area contributed by atoms with Crippen molar-refractivity contribution in [3.63, 3.8) is 0 Å². The SMILES string of the molecule is COC(=O)NC1C(C)OC(OC2CC=C(C)C3C=CC4C(O)C(C)CC(C)C4C3(C)C(O)=C3C(=O)OC4(CC(C=O)=CC(O)C4C=C2C)C3=O)CC1(C)[NH+]([O-])O. The van der Waals surface area contributed by atoms with Crippen LogP contribution >= 0.6 is 0 Å². The van der Waals surface area contributed by atoms with Crippen LogP contribution in [0.3, 0.4) is 0 Å². The molecule has 1 amide bonds. The number of Topliss-reactive ketones (excluding diaryl/α,β-unsaturated/α-hetero) is 1. The molecule has 6 rings (SSSR count). The number of carbonyl (C=O) groups is 4. The van der Waals surface area contributed by atoms with Crippen molar-refractivity contribution in [1.29, 1.82) is 0 Å². The standard InChI is InChI=1S/C41H56N2O13/c1-19-9-12-29(55-30-17-39(6,43(51)52)34(23(5)54-30)42-38(50)53-8)20(2)14-27-28(45)15-24(18-44)16-41(27)36(48)31(37(49)56-41)35(47)40(7)26(19)11-10-25-32(40)21(3)13-22(4)33(25)46/h9-11,14-15,18,21-23,25-30,32-34,43,45-47,51H,12-13,16-17H2,1-8H3,(H,42,50). The van der Waals surface area contributed by atoms with E-state index in [-0.39, 0.29) is 36.7 Å². The summed E-state index contributed by atoms with van der Waals surface area (Å²) in [7, 11) is 1.18. The average Bonchev–Trinajstić information content (AvgIpc) is 3.38. The molecule has 2 bridgehead atoms. The van der Waals surface area contributed by atoms with Gasteiger partial charge in [-0.3, -0.25) is 9.59 Å². The van der Waals surface area contributed by atoms with E-state index in [0.29, 0.717) is 18.3 Å². The Bertz CT molecular complexity index is 1780. The second-order valence-electron chi connectivity index (χ2n) is 17.3. The molecule has 16 atom stereocenters. The van der Waals surface area contributed by atoms with Gasteiger partial charge in [0.25, 0.3) is 0 Å². The molecule has 16 unspecified atom stereocenters. The fraction of sp³-hybridized carbons (Fsp3) is 0.659. The zero-order valence-electron chi connectivity index (χ0n) is 33.2. The first-order chi connectivity index (χ1) is 26.2. The van der Waals surface area contributed by atoms with Gasteiger partial charge in [-0.15, -0.1) is 0 Å². The van der Waals surface area contributed by atoms with Crippen LogP contribution in [0.4, 0.5) is 4.79 Å². The van der Waals surface area contributed by atoms with Crippen molar-refractivity contribution in [2.24, 2.45) is 40.9 Å². The molecule has 0 aromatic rings. The zero-order valence-corrected chi connectivity index (χ0v) is 33.2. The lowest BCUT2D eigenvalue weighted by Gasteiger charge is -2.55. The van der Waals surface area contributed by atoms with Crippen LogP contribution in [0.25, 0.3) is 0 Å². The third-order valence-electron chi connectivity index (χ3n) is 13.8. The number of amides is 1. The highest BCUT2D eigenvalue weighted by atomic mass is 16.8. The minimum atomic E-state index is -2.08. The number of esters is 1. The molecule has 56 heavy (non-hydrogen) atoms. The zero-order chi connectivity index (χ0) is 41.2. The summed E-state index contributed by atoms with van der Waals surface area (Å²) in [6.07, 6.45) is 3.74. The molecular weight excluding hydrogens is 728 g/mol. The predicted molar refractivity (Wildman–Crippen MR) is 198 cm³/mol. The molecule has 6 aliphatic rings. The van der Waals surface area contributed by atoms with E-state index in [4.69, 9.17) is 18.9 Å². The van der Waals surface area contributed by atoms with Crippen molar-refractivity contribution < 1.29 is 63.9 Å². The molecule has 1 spiro atoms. The quantitative estimate of drug-likeness (QED) is 0.0777. The normalized spacial score (nSPS) is 44.5. The van der Waals surface area contributed by atoms with Crippen LogP contribution in [0.15, 0.2) is 58.4 Å². The van der Waals surface area contributed by atoms with Crippen molar-refractivity contribution in [3.8, 4) is 0 Å². The number of hydrogen-bond donors (Lipinski definition) is 6. The van der Waals surface area contributed by atoms with Gasteiger partial charge in [-0.2, -0.15) is 0 Å². The van der Waals surface area contributed by atoms with E-state index in [9.17, 15) is 44.9 Å². The number of hydrogen-bond acceptors (Lipinski definition) is 13. The van der Waals surface area contributed by atoms with Crippen LogP contribution in [-0.2, 0) is 33.3 Å². The van der Waals surface area contributed by atoms with E-state index in [1.807, 2.05) is 45.9 Å². The highest BCUT2D eigenvalue weighted by molar-refractivity contribution is 6.26. The van der Waals surface area contributed by atoms with Gasteiger partial charge in [0.05, 0.1) is 43.9 Å². The second kappa shape index (κ2) is 15.2. The van der Waals surface area contributed by atoms with Gasteiger partial charge in [0.1, 0.15) is 23.7 Å². The molecule has 3 fully saturated rings. The number of aldehydes is 1. The molecule has 2 heterocycles. The number of ether oxygens (including phenoxy) is 4. The monoisotopic (exact) mass is 784 g/mol. The van der Waals surface area contributed by atoms with Crippen molar-refractivity contribution in [2.75, 3.05) is 7.11 Å². The summed E-state index contributed by atoms with van der Waals surface area (Å²) in [5.41, 5.74) is -4.13. The number of quaternary nitrogens is 1. The van der Waals surface area contributed by atoms with Gasteiger partial charge in [0.2, 0.25) is 5.78 Å². The molecule has 1 saturated carbocycles. The summed E-state index contributed by atoms with van der Waals surface area (Å²) in [5, 5.41) is 60.1. The van der Waals surface area contributed by atoms with Gasteiger partial charge in [-0.1, -0.05) is 50.6 Å². The Kier molecular flexibility index (Phi) is 11.4. The van der Waals surface area contributed by atoms with E-state index in [2.05, 4.69) is 5.32 Å². The van der Waals surface area contributed by atoms with Gasteiger partial charge in [-0.05, 0) is 75.5 Å². The highest BCUT2D eigenvalue weighted by Gasteiger charge is 2.64. The first-order valence-corrected chi connectivity index (χ1v) is 19.4. The third kappa shape index (κ3) is 6.68. The van der Waals surface area contributed by atoms with Crippen LogP contribution < -0.4 is 10.5 Å². The van der Waals surface area contributed by atoms with E-state index in [1.165, 1.54) is 20.1 Å². The van der Waals surface area contributed by atoms with E-state index >= 15 is 0 Å². The van der Waals surface area contributed by atoms with Crippen molar-refractivity contribution in [1.82, 2.24) is 5.32 Å². The number of aliphatic hydroxyl groups excluding tert-OH is 3. The van der Waals surface area contributed by atoms with Gasteiger partial charge in [-0.25, -0.2) is 20.0 Å². The lowest BCUT2D eigenvalue weighted by Crippen LogP contribution is -3.17. The third-order valence-corrected chi connectivity index (χ3v) is 13.8. The molecular formula is C41H56N2O13. The number of ketones is 1. The number of hydroxylamine groups is 2. The van der Waals surface area contributed by atoms with Gasteiger partial charge >= 0.3 is 12.1 Å². The van der Waals surface area contributed by atoms with E-state index < -0.39 is 111 Å². The summed E-state index contributed by atoms with van der Waals surface area (Å²) in [6.45, 7) is 12.6. The molecule has 15 heteroatoms. The number of aliphatic hydroxyl groups is 3. The molecule has 15 nitrogen and oxygen atoms in total. The molecule has 0 aromatic heterocycles. The highest BCUT2D eigenvalue weighted by Crippen LogP contribution is 2.60. The number of carbonyl (C=O) groups excluding carboxylic acids is 4. The maximum Gasteiger partial charge on any atom is 0.407 e. The number of nitrogens with one attached hydrogen (secondary N) is 2. The molecule has 2 aliphatic heterocycles. The Morgan fingerprint density at radius 1 is 1.09 bits per heavy atom. The topological polar surface area (TPSA) is 226 Å². The smallest absolute Gasteiger partial charge is 0.407 e. The minimum Gasteiger partial charge on any atom is -0.600 e. The van der Waals surface area contributed by atoms with Crippen LogP contribution in [-0.4, -0.2) is 99.7 Å². The van der Waals surface area contributed by atoms with E-state index in [0.717, 1.165) is 5.57 Å². The first-order valence-electron chi connectivity index (χ1n) is 19.4. The Morgan fingerprint density at radius 3 is 2.43 bits per heavy atom. The fourth-order valence-electron chi connectivity index (χ4n) is 10.9. The van der Waals surface area contributed by atoms with E-state index in [1.54, 1.807) is 19.9 Å². The number of alkyl carbamates (subject to hydrolysis) is 1. The maximum atomic E-state index is 14.9. The second-order valence-corrected chi connectivity index (χ2v) is 17.3. The summed E-state index contributed by atoms with van der Waals surface area (Å²) < 4.78 is 23.5. The molecule has 6 N–H and O–H groups in total. The van der Waals surface area contributed by atoms with Crippen molar-refractivity contribution in [2.45, 2.75) is 122 Å². The summed E-state index contributed by atoms with van der Waals surface area (Å²) in [5.74, 6) is -5.05. The lowest BCUT2D eigenvalue weighted by atomic mass is 9.49. The number of rotatable bonds is 5. The number of fused-ring (bicyclic) bond motifs is 4. The largest absolute Gasteiger partial charge is 0.600 e. The molecule has 0 radical (unpaired) electrons. The number of methoxy groups -OCH3 is 1. The Morgan fingerprint density at radius 2 is 1.79 bits per heavy atom. The molecule has 0 aromatic carbocycles. The van der Waals surface area contributed by atoms with Crippen LogP contribution in [0.1, 0.15) is 74.1 Å². The van der Waals surface area contributed by atoms with Crippen LogP contribution in [0, 0.1) is 46.1 Å². The Hall–Kier alpha value is -3.70. The minimum absolute atomic E-state index is 0.0391. The molecule has 308 valence electrons. The average molecular weight is 785 g/mol. The number of allylic oxidation sites excluding steroid dienone is 3. The first kappa shape index (κ1) is 41.9. The van der Waals surface area contributed by atoms with Gasteiger partial charge < -0.3 is 44.8 Å². The Labute approximate surface area is 326 Å². The van der Waals surface area contributed by atoms with Crippen LogP contribution in [0.2, 0.25) is 0 Å². The maximum absolute atomic E-state index is 14.9. The summed E-state index contributed by atoms with van der Waals surface area (Å²) in [4.78, 5) is 53.3. The molecule has 4 aliphatic carbocycles. The predicted octanol–water partition coefficient (Wildman–Crippen LogP) is 2.70. The van der Waals surface area contributed by atoms with Crippen molar-refractivity contribution >= 4 is 24.1 Å². The molecule has 2 saturated heterocycles. The fourth-order valence-corrected chi connectivity index (χ4v) is 10.9. The van der Waals surface area contributed by atoms with Gasteiger partial charge in [0.15, 0.2) is 17.4 Å². The van der Waals surface area contributed by atoms with Crippen molar-refractivity contribution in [3.05, 3.63) is 63.6 Å². The Balaban J connectivity index is 1.51. The van der Waals surface area contributed by atoms with Gasteiger partial charge in [0, 0.05) is 23.7 Å². The summed E-state index contributed by atoms with van der Waals surface area (Å²) >= 11 is 0. The van der Waals surface area contributed by atoms with Crippen LogP contribution in [0.5, 0.6) is 0 Å². The lowest BCUT2D eigenvalue weighted by molar-refractivity contribution is -1.09. The summed E-state index contributed by atoms with van der Waals surface area (Å²) in [6, 6.07) is -0.970.